The molecule has 3 nitrogen and oxygen atoms in total. The highest BCUT2D eigenvalue weighted by molar-refractivity contribution is 5.79. The van der Waals surface area contributed by atoms with Gasteiger partial charge in [-0.2, -0.15) is 0 Å². The van der Waals surface area contributed by atoms with Crippen LogP contribution in [-0.4, -0.2) is 11.0 Å². The molecule has 1 aromatic carbocycles. The quantitative estimate of drug-likeness (QED) is 0.664. The van der Waals surface area contributed by atoms with Crippen LogP contribution >= 0.6 is 0 Å². The van der Waals surface area contributed by atoms with E-state index in [9.17, 15) is 9.90 Å². The Hall–Kier alpha value is -1.35. The van der Waals surface area contributed by atoms with Crippen LogP contribution in [-0.2, 0) is 10.5 Å². The molecule has 1 saturated heterocycles. The summed E-state index contributed by atoms with van der Waals surface area (Å²) in [7, 11) is 0. The smallest absolute Gasteiger partial charge is 0.222 e. The summed E-state index contributed by atoms with van der Waals surface area (Å²) >= 11 is 0. The topological polar surface area (TPSA) is 49.3 Å². The number of benzene rings is 1. The van der Waals surface area contributed by atoms with Crippen LogP contribution in [0.15, 0.2) is 30.3 Å². The summed E-state index contributed by atoms with van der Waals surface area (Å²) in [5.41, 5.74) is -0.390. The summed E-state index contributed by atoms with van der Waals surface area (Å²) in [6, 6.07) is 9.19. The van der Waals surface area contributed by atoms with Crippen LogP contribution in [0.4, 0.5) is 0 Å². The van der Waals surface area contributed by atoms with Crippen LogP contribution < -0.4 is 5.32 Å². The lowest BCUT2D eigenvalue weighted by atomic mass is 10.0. The Kier molecular flexibility index (Phi) is 1.81. The zero-order valence-electron chi connectivity index (χ0n) is 7.16. The van der Waals surface area contributed by atoms with E-state index < -0.39 is 5.72 Å². The Morgan fingerprint density at radius 2 is 2.00 bits per heavy atom. The molecule has 1 fully saturated rings. The van der Waals surface area contributed by atoms with Crippen LogP contribution in [0, 0.1) is 0 Å². The van der Waals surface area contributed by atoms with Gasteiger partial charge >= 0.3 is 0 Å². The summed E-state index contributed by atoms with van der Waals surface area (Å²) in [6.07, 6.45) is 0.848. The molecule has 1 aliphatic heterocycles. The first-order valence-corrected chi connectivity index (χ1v) is 4.30. The average Bonchev–Trinajstić information content (AvgIpc) is 2.49. The third-order valence-electron chi connectivity index (χ3n) is 2.31. The SMILES string of the molecule is O=C1CCC(O)(c2ccccc2)N1. The Morgan fingerprint density at radius 1 is 1.31 bits per heavy atom. The lowest BCUT2D eigenvalue weighted by molar-refractivity contribution is -0.122. The van der Waals surface area contributed by atoms with Crippen LogP contribution in [0.1, 0.15) is 18.4 Å². The number of amides is 1. The van der Waals surface area contributed by atoms with Crippen LogP contribution in [0.25, 0.3) is 0 Å². The molecule has 2 rings (SSSR count). The van der Waals surface area contributed by atoms with Crippen molar-refractivity contribution in [1.82, 2.24) is 5.32 Å². The van der Waals surface area contributed by atoms with Crippen LogP contribution in [0.5, 0.6) is 0 Å². The Labute approximate surface area is 76.4 Å². The normalized spacial score (nSPS) is 27.3. The third kappa shape index (κ3) is 1.42. The van der Waals surface area contributed by atoms with Crippen molar-refractivity contribution in [1.29, 1.82) is 0 Å². The first-order chi connectivity index (χ1) is 6.21. The molecule has 0 saturated carbocycles. The van der Waals surface area contributed by atoms with Gasteiger partial charge in [-0.15, -0.1) is 0 Å². The molecule has 1 atom stereocenters. The fourth-order valence-corrected chi connectivity index (χ4v) is 1.58. The van der Waals surface area contributed by atoms with Gasteiger partial charge < -0.3 is 10.4 Å². The molecule has 1 unspecified atom stereocenters. The highest BCUT2D eigenvalue weighted by atomic mass is 16.3. The van der Waals surface area contributed by atoms with Gasteiger partial charge in [0.15, 0.2) is 5.72 Å². The number of carbonyl (C=O) groups excluding carboxylic acids is 1. The molecule has 2 N–H and O–H groups in total. The summed E-state index contributed by atoms with van der Waals surface area (Å²) in [6.45, 7) is 0. The van der Waals surface area contributed by atoms with E-state index in [4.69, 9.17) is 0 Å². The lowest BCUT2D eigenvalue weighted by Crippen LogP contribution is -2.38. The molecular weight excluding hydrogens is 166 g/mol. The Bertz CT molecular complexity index is 323. The number of nitrogens with one attached hydrogen (secondary N) is 1. The van der Waals surface area contributed by atoms with Crippen molar-refractivity contribution in [3.63, 3.8) is 0 Å². The van der Waals surface area contributed by atoms with Gasteiger partial charge in [0, 0.05) is 18.4 Å². The lowest BCUT2D eigenvalue weighted by Gasteiger charge is -2.22. The second-order valence-electron chi connectivity index (χ2n) is 3.27. The number of hydrogen-bond donors (Lipinski definition) is 2. The molecule has 1 aromatic rings. The molecule has 13 heavy (non-hydrogen) atoms. The maximum absolute atomic E-state index is 11.0. The van der Waals surface area contributed by atoms with Gasteiger partial charge in [-0.05, 0) is 0 Å². The predicted octanol–water partition coefficient (Wildman–Crippen LogP) is 0.742. The fourth-order valence-electron chi connectivity index (χ4n) is 1.58. The standard InChI is InChI=1S/C10H11NO2/c12-9-6-7-10(13,11-9)8-4-2-1-3-5-8/h1-5,13H,6-7H2,(H,11,12). The largest absolute Gasteiger partial charge is 0.367 e. The van der Waals surface area contributed by atoms with Crippen molar-refractivity contribution in [2.24, 2.45) is 0 Å². The summed E-state index contributed by atoms with van der Waals surface area (Å²) in [5, 5.41) is 12.6. The van der Waals surface area contributed by atoms with E-state index >= 15 is 0 Å². The maximum atomic E-state index is 11.0. The number of rotatable bonds is 1. The van der Waals surface area contributed by atoms with Gasteiger partial charge in [0.2, 0.25) is 5.91 Å². The number of hydrogen-bond acceptors (Lipinski definition) is 2. The number of aliphatic hydroxyl groups is 1. The minimum atomic E-state index is -1.14. The van der Waals surface area contributed by atoms with Crippen molar-refractivity contribution in [3.05, 3.63) is 35.9 Å². The van der Waals surface area contributed by atoms with E-state index in [1.165, 1.54) is 0 Å². The molecule has 0 aliphatic carbocycles. The van der Waals surface area contributed by atoms with Crippen LogP contribution in [0.2, 0.25) is 0 Å². The minimum absolute atomic E-state index is 0.0913. The second-order valence-corrected chi connectivity index (χ2v) is 3.27. The molecular formula is C10H11NO2. The molecule has 0 aromatic heterocycles. The zero-order valence-corrected chi connectivity index (χ0v) is 7.16. The summed E-state index contributed by atoms with van der Waals surface area (Å²) < 4.78 is 0. The van der Waals surface area contributed by atoms with E-state index in [1.807, 2.05) is 30.3 Å². The van der Waals surface area contributed by atoms with Gasteiger partial charge in [-0.3, -0.25) is 4.79 Å². The highest BCUT2D eigenvalue weighted by Crippen LogP contribution is 2.27. The van der Waals surface area contributed by atoms with Gasteiger partial charge in [0.1, 0.15) is 0 Å². The summed E-state index contributed by atoms with van der Waals surface area (Å²) in [5.74, 6) is -0.0913. The average molecular weight is 177 g/mol. The molecule has 0 bridgehead atoms. The van der Waals surface area contributed by atoms with Crippen molar-refractivity contribution >= 4 is 5.91 Å². The Balaban J connectivity index is 2.31. The summed E-state index contributed by atoms with van der Waals surface area (Å²) in [4.78, 5) is 11.0. The van der Waals surface area contributed by atoms with Crippen molar-refractivity contribution in [2.75, 3.05) is 0 Å². The first-order valence-electron chi connectivity index (χ1n) is 4.30. The minimum Gasteiger partial charge on any atom is -0.367 e. The Morgan fingerprint density at radius 3 is 2.54 bits per heavy atom. The van der Waals surface area contributed by atoms with Gasteiger partial charge in [0.05, 0.1) is 0 Å². The van der Waals surface area contributed by atoms with Crippen LogP contribution in [0.3, 0.4) is 0 Å². The van der Waals surface area contributed by atoms with Crippen molar-refractivity contribution in [2.45, 2.75) is 18.6 Å². The van der Waals surface area contributed by atoms with E-state index in [-0.39, 0.29) is 5.91 Å². The van der Waals surface area contributed by atoms with Crippen molar-refractivity contribution in [3.8, 4) is 0 Å². The van der Waals surface area contributed by atoms with E-state index in [1.54, 1.807) is 0 Å². The van der Waals surface area contributed by atoms with Gasteiger partial charge in [-0.1, -0.05) is 30.3 Å². The van der Waals surface area contributed by atoms with E-state index in [2.05, 4.69) is 5.32 Å². The highest BCUT2D eigenvalue weighted by Gasteiger charge is 2.36. The molecule has 0 radical (unpaired) electrons. The molecule has 1 aliphatic rings. The zero-order chi connectivity index (χ0) is 9.31. The van der Waals surface area contributed by atoms with E-state index in [0.29, 0.717) is 12.8 Å². The first kappa shape index (κ1) is 8.26. The number of carbonyl (C=O) groups is 1. The predicted molar refractivity (Wildman–Crippen MR) is 47.7 cm³/mol. The second kappa shape index (κ2) is 2.85. The molecule has 0 spiro atoms. The molecule has 3 heteroatoms. The monoisotopic (exact) mass is 177 g/mol. The van der Waals surface area contributed by atoms with Crippen molar-refractivity contribution < 1.29 is 9.90 Å². The fraction of sp³-hybridized carbons (Fsp3) is 0.300. The molecule has 1 heterocycles. The molecule has 1 amide bonds. The maximum Gasteiger partial charge on any atom is 0.222 e. The third-order valence-corrected chi connectivity index (χ3v) is 2.31. The van der Waals surface area contributed by atoms with E-state index in [0.717, 1.165) is 5.56 Å². The van der Waals surface area contributed by atoms with Gasteiger partial charge in [0.25, 0.3) is 0 Å². The molecule has 68 valence electrons. The van der Waals surface area contributed by atoms with Gasteiger partial charge in [-0.25, -0.2) is 0 Å².